The Labute approximate surface area is 66.0 Å². The fourth-order valence-corrected chi connectivity index (χ4v) is 1.79. The molecule has 0 radical (unpaired) electrons. The van der Waals surface area contributed by atoms with Crippen molar-refractivity contribution in [3.05, 3.63) is 0 Å². The lowest BCUT2D eigenvalue weighted by molar-refractivity contribution is 0.433. The van der Waals surface area contributed by atoms with Crippen LogP contribution < -0.4 is 0 Å². The third kappa shape index (κ3) is 1.74. The van der Waals surface area contributed by atoms with Crippen LogP contribution >= 0.6 is 0 Å². The summed E-state index contributed by atoms with van der Waals surface area (Å²) in [7, 11) is 0. The first kappa shape index (κ1) is 10.0. The second-order valence-corrected chi connectivity index (χ2v) is 3.17. The molecule has 10 heavy (non-hydrogen) atoms. The quantitative estimate of drug-likeness (QED) is 0.549. The lowest BCUT2D eigenvalue weighted by Gasteiger charge is -2.07. The molecule has 0 aliphatic heterocycles. The Balaban J connectivity index is 0.000000371. The zero-order valence-corrected chi connectivity index (χ0v) is 8.20. The largest absolute Gasteiger partial charge is 0.0683 e. The van der Waals surface area contributed by atoms with Crippen molar-refractivity contribution in [2.45, 2.75) is 53.9 Å². The lowest BCUT2D eigenvalue weighted by atomic mass is 9.98. The molecule has 1 fully saturated rings. The molecule has 1 rings (SSSR count). The molecule has 1 saturated carbocycles. The predicted molar refractivity (Wildman–Crippen MR) is 48.1 cm³/mol. The molecule has 0 bridgehead atoms. The van der Waals surface area contributed by atoms with E-state index in [-0.39, 0.29) is 0 Å². The molecule has 0 heteroatoms. The monoisotopic (exact) mass is 142 g/mol. The molecule has 0 spiro atoms. The molecule has 0 N–H and O–H groups in total. The molecule has 1 aliphatic carbocycles. The fourth-order valence-electron chi connectivity index (χ4n) is 1.79. The summed E-state index contributed by atoms with van der Waals surface area (Å²) in [6.07, 6.45) is 4.27. The minimum absolute atomic E-state index is 0.792. The van der Waals surface area contributed by atoms with Crippen LogP contribution in [0.15, 0.2) is 0 Å². The Morgan fingerprint density at radius 1 is 1.20 bits per heavy atom. The highest BCUT2D eigenvalue weighted by atomic mass is 14.5. The van der Waals surface area contributed by atoms with Crippen molar-refractivity contribution in [2.24, 2.45) is 11.3 Å². The van der Waals surface area contributed by atoms with Crippen LogP contribution in [-0.2, 0) is 0 Å². The molecule has 0 heterocycles. The topological polar surface area (TPSA) is 0 Å². The maximum absolute atomic E-state index is 2.37. The fraction of sp³-hybridized carbons (Fsp3) is 1.00. The summed E-state index contributed by atoms with van der Waals surface area (Å²) in [5, 5.41) is 0. The van der Waals surface area contributed by atoms with Gasteiger partial charge < -0.3 is 0 Å². The Morgan fingerprint density at radius 3 is 1.50 bits per heavy atom. The third-order valence-electron chi connectivity index (χ3n) is 3.01. The lowest BCUT2D eigenvalue weighted by Crippen LogP contribution is -1.97. The van der Waals surface area contributed by atoms with Crippen molar-refractivity contribution < 1.29 is 0 Å². The smallest absolute Gasteiger partial charge is 0.0274 e. The average Bonchev–Trinajstić information content (AvgIpc) is 2.67. The van der Waals surface area contributed by atoms with Gasteiger partial charge >= 0.3 is 0 Å². The second kappa shape index (κ2) is 4.00. The molecule has 0 nitrogen and oxygen atoms in total. The van der Waals surface area contributed by atoms with Crippen molar-refractivity contribution in [3.8, 4) is 0 Å². The molecular formula is C10H22. The molecule has 1 aliphatic rings. The minimum atomic E-state index is 0.792. The summed E-state index contributed by atoms with van der Waals surface area (Å²) < 4.78 is 0. The summed E-state index contributed by atoms with van der Waals surface area (Å²) in [6, 6.07) is 0. The van der Waals surface area contributed by atoms with E-state index in [1.165, 1.54) is 19.3 Å². The normalized spacial score (nSPS) is 26.7. The SMILES string of the molecule is CC.CCC1(CC)CC1C. The zero-order chi connectivity index (χ0) is 8.20. The predicted octanol–water partition coefficient (Wildman–Crippen LogP) is 3.86. The van der Waals surface area contributed by atoms with Crippen molar-refractivity contribution in [1.82, 2.24) is 0 Å². The van der Waals surface area contributed by atoms with Gasteiger partial charge in [0.1, 0.15) is 0 Å². The molecule has 62 valence electrons. The van der Waals surface area contributed by atoms with Crippen molar-refractivity contribution in [1.29, 1.82) is 0 Å². The van der Waals surface area contributed by atoms with Gasteiger partial charge in [0, 0.05) is 0 Å². The molecule has 0 amide bonds. The molecule has 0 aromatic heterocycles. The molecule has 1 atom stereocenters. The Kier molecular flexibility index (Phi) is 4.00. The van der Waals surface area contributed by atoms with Crippen LogP contribution in [-0.4, -0.2) is 0 Å². The van der Waals surface area contributed by atoms with E-state index in [1.54, 1.807) is 0 Å². The van der Waals surface area contributed by atoms with Gasteiger partial charge in [-0.3, -0.25) is 0 Å². The summed E-state index contributed by atoms with van der Waals surface area (Å²) in [5.41, 5.74) is 0.792. The van der Waals surface area contributed by atoms with Gasteiger partial charge in [0.15, 0.2) is 0 Å². The summed E-state index contributed by atoms with van der Waals surface area (Å²) >= 11 is 0. The molecular weight excluding hydrogens is 120 g/mol. The molecule has 0 aromatic rings. The first-order valence-electron chi connectivity index (χ1n) is 4.75. The van der Waals surface area contributed by atoms with Gasteiger partial charge in [-0.2, -0.15) is 0 Å². The summed E-state index contributed by atoms with van der Waals surface area (Å²) in [4.78, 5) is 0. The number of rotatable bonds is 2. The van der Waals surface area contributed by atoms with Crippen LogP contribution in [0.5, 0.6) is 0 Å². The maximum atomic E-state index is 2.37. The number of hydrogen-bond donors (Lipinski definition) is 0. The van der Waals surface area contributed by atoms with E-state index in [1.807, 2.05) is 13.8 Å². The van der Waals surface area contributed by atoms with Crippen molar-refractivity contribution >= 4 is 0 Å². The van der Waals surface area contributed by atoms with Gasteiger partial charge in [-0.05, 0) is 17.8 Å². The third-order valence-corrected chi connectivity index (χ3v) is 3.01. The van der Waals surface area contributed by atoms with Crippen molar-refractivity contribution in [2.75, 3.05) is 0 Å². The van der Waals surface area contributed by atoms with Crippen LogP contribution in [0.3, 0.4) is 0 Å². The van der Waals surface area contributed by atoms with Crippen molar-refractivity contribution in [3.63, 3.8) is 0 Å². The standard InChI is InChI=1S/C8H16.C2H6/c1-4-8(5-2)6-7(8)3;1-2/h7H,4-6H2,1-3H3;1-2H3. The highest BCUT2D eigenvalue weighted by molar-refractivity contribution is 4.97. The highest BCUT2D eigenvalue weighted by Gasteiger charge is 2.47. The molecule has 0 aromatic carbocycles. The second-order valence-electron chi connectivity index (χ2n) is 3.17. The maximum Gasteiger partial charge on any atom is -0.0274 e. The summed E-state index contributed by atoms with van der Waals surface area (Å²) in [6.45, 7) is 11.0. The molecule has 1 unspecified atom stereocenters. The van der Waals surface area contributed by atoms with E-state index < -0.39 is 0 Å². The average molecular weight is 142 g/mol. The van der Waals surface area contributed by atoms with E-state index in [0.29, 0.717) is 0 Å². The Hall–Kier alpha value is 0. The first-order chi connectivity index (χ1) is 4.75. The van der Waals surface area contributed by atoms with Crippen LogP contribution in [0.1, 0.15) is 53.9 Å². The number of hydrogen-bond acceptors (Lipinski definition) is 0. The first-order valence-corrected chi connectivity index (χ1v) is 4.75. The van der Waals surface area contributed by atoms with Gasteiger partial charge in [-0.25, -0.2) is 0 Å². The van der Waals surface area contributed by atoms with Crippen LogP contribution in [0.4, 0.5) is 0 Å². The zero-order valence-electron chi connectivity index (χ0n) is 8.20. The van der Waals surface area contributed by atoms with E-state index in [2.05, 4.69) is 20.8 Å². The van der Waals surface area contributed by atoms with E-state index in [4.69, 9.17) is 0 Å². The minimum Gasteiger partial charge on any atom is -0.0683 e. The van der Waals surface area contributed by atoms with Gasteiger partial charge in [-0.1, -0.05) is 47.5 Å². The van der Waals surface area contributed by atoms with E-state index in [9.17, 15) is 0 Å². The van der Waals surface area contributed by atoms with Crippen LogP contribution in [0, 0.1) is 11.3 Å². The Bertz CT molecular complexity index is 74.5. The van der Waals surface area contributed by atoms with Gasteiger partial charge in [-0.15, -0.1) is 0 Å². The van der Waals surface area contributed by atoms with E-state index >= 15 is 0 Å². The Morgan fingerprint density at radius 2 is 1.50 bits per heavy atom. The van der Waals surface area contributed by atoms with E-state index in [0.717, 1.165) is 11.3 Å². The van der Waals surface area contributed by atoms with Gasteiger partial charge in [0.05, 0.1) is 0 Å². The summed E-state index contributed by atoms with van der Waals surface area (Å²) in [5.74, 6) is 1.03. The van der Waals surface area contributed by atoms with Crippen LogP contribution in [0.2, 0.25) is 0 Å². The van der Waals surface area contributed by atoms with Crippen LogP contribution in [0.25, 0.3) is 0 Å². The van der Waals surface area contributed by atoms with Gasteiger partial charge in [0.2, 0.25) is 0 Å². The van der Waals surface area contributed by atoms with Gasteiger partial charge in [0.25, 0.3) is 0 Å². The highest BCUT2D eigenvalue weighted by Crippen LogP contribution is 2.57. The molecule has 0 saturated heterocycles.